The molecule has 1 saturated heterocycles. The monoisotopic (exact) mass is 362 g/mol. The van der Waals surface area contributed by atoms with Gasteiger partial charge in [0, 0.05) is 23.3 Å². The van der Waals surface area contributed by atoms with Crippen LogP contribution in [-0.4, -0.2) is 30.3 Å². The predicted octanol–water partition coefficient (Wildman–Crippen LogP) is 1.94. The molecule has 8 heteroatoms. The standard InChI is InChI=1S/C12H19BrN4O2S/c1-8-3-4-9(2)17(7-8)20(18,19)11-5-10(13)6-15-12(11)16-14/h5-6,8-9H,3-4,7,14H2,1-2H3,(H,15,16). The van der Waals surface area contributed by atoms with Gasteiger partial charge in [-0.25, -0.2) is 19.2 Å². The average Bonchev–Trinajstić information content (AvgIpc) is 2.41. The van der Waals surface area contributed by atoms with E-state index >= 15 is 0 Å². The number of rotatable bonds is 3. The molecule has 1 aromatic heterocycles. The molecule has 20 heavy (non-hydrogen) atoms. The number of nitrogens with zero attached hydrogens (tertiary/aromatic N) is 2. The SMILES string of the molecule is CC1CCC(C)N(S(=O)(=O)c2cc(Br)cnc2NN)C1. The van der Waals surface area contributed by atoms with Gasteiger partial charge in [-0.2, -0.15) is 4.31 Å². The summed E-state index contributed by atoms with van der Waals surface area (Å²) in [7, 11) is -3.61. The lowest BCUT2D eigenvalue weighted by molar-refractivity contribution is 0.218. The molecule has 2 unspecified atom stereocenters. The van der Waals surface area contributed by atoms with Gasteiger partial charge in [-0.3, -0.25) is 0 Å². The molecule has 0 aromatic carbocycles. The van der Waals surface area contributed by atoms with Crippen molar-refractivity contribution in [2.45, 2.75) is 37.6 Å². The molecule has 0 bridgehead atoms. The summed E-state index contributed by atoms with van der Waals surface area (Å²) in [6.07, 6.45) is 3.43. The third kappa shape index (κ3) is 2.98. The smallest absolute Gasteiger partial charge is 0.247 e. The number of hydrazine groups is 1. The minimum absolute atomic E-state index is 0.0131. The Balaban J connectivity index is 2.46. The van der Waals surface area contributed by atoms with Crippen LogP contribution in [0.25, 0.3) is 0 Å². The Labute approximate surface area is 127 Å². The molecule has 1 aliphatic heterocycles. The van der Waals surface area contributed by atoms with Gasteiger partial charge in [-0.15, -0.1) is 0 Å². The minimum atomic E-state index is -3.61. The summed E-state index contributed by atoms with van der Waals surface area (Å²) in [5, 5.41) is 0. The molecule has 2 atom stereocenters. The zero-order valence-corrected chi connectivity index (χ0v) is 13.9. The fourth-order valence-electron chi connectivity index (χ4n) is 2.44. The van der Waals surface area contributed by atoms with Gasteiger partial charge in [0.1, 0.15) is 4.90 Å². The van der Waals surface area contributed by atoms with E-state index in [1.165, 1.54) is 12.3 Å². The van der Waals surface area contributed by atoms with Gasteiger partial charge < -0.3 is 5.43 Å². The van der Waals surface area contributed by atoms with Gasteiger partial charge in [0.05, 0.1) is 0 Å². The van der Waals surface area contributed by atoms with Crippen molar-refractivity contribution in [3.63, 3.8) is 0 Å². The van der Waals surface area contributed by atoms with Gasteiger partial charge in [0.25, 0.3) is 0 Å². The van der Waals surface area contributed by atoms with Gasteiger partial charge in [-0.05, 0) is 47.7 Å². The van der Waals surface area contributed by atoms with E-state index in [9.17, 15) is 8.42 Å². The zero-order valence-electron chi connectivity index (χ0n) is 11.5. The lowest BCUT2D eigenvalue weighted by atomic mass is 9.97. The van der Waals surface area contributed by atoms with Crippen LogP contribution < -0.4 is 11.3 Å². The molecule has 0 spiro atoms. The number of nitrogen functional groups attached to an aromatic ring is 1. The largest absolute Gasteiger partial charge is 0.307 e. The fraction of sp³-hybridized carbons (Fsp3) is 0.583. The van der Waals surface area contributed by atoms with Gasteiger partial charge in [0.2, 0.25) is 10.0 Å². The van der Waals surface area contributed by atoms with E-state index in [2.05, 4.69) is 33.3 Å². The molecule has 0 aliphatic carbocycles. The van der Waals surface area contributed by atoms with E-state index in [4.69, 9.17) is 5.84 Å². The van der Waals surface area contributed by atoms with E-state index in [1.54, 1.807) is 4.31 Å². The first-order valence-electron chi connectivity index (χ1n) is 6.50. The topological polar surface area (TPSA) is 88.3 Å². The number of aromatic nitrogens is 1. The lowest BCUT2D eigenvalue weighted by Gasteiger charge is -2.35. The third-order valence-electron chi connectivity index (χ3n) is 3.60. The fourth-order valence-corrected chi connectivity index (χ4v) is 4.83. The predicted molar refractivity (Wildman–Crippen MR) is 81.5 cm³/mol. The number of hydrogen-bond donors (Lipinski definition) is 2. The van der Waals surface area contributed by atoms with Crippen molar-refractivity contribution in [2.24, 2.45) is 11.8 Å². The Bertz CT molecular complexity index is 593. The Morgan fingerprint density at radius 1 is 1.45 bits per heavy atom. The molecule has 2 rings (SSSR count). The minimum Gasteiger partial charge on any atom is -0.307 e. The van der Waals surface area contributed by atoms with Crippen LogP contribution in [0.5, 0.6) is 0 Å². The van der Waals surface area contributed by atoms with E-state index in [-0.39, 0.29) is 16.8 Å². The van der Waals surface area contributed by atoms with Crippen molar-refractivity contribution in [3.05, 3.63) is 16.7 Å². The number of anilines is 1. The normalized spacial score (nSPS) is 24.6. The number of piperidine rings is 1. The molecule has 0 radical (unpaired) electrons. The molecule has 2 heterocycles. The van der Waals surface area contributed by atoms with E-state index in [0.717, 1.165) is 12.8 Å². The highest BCUT2D eigenvalue weighted by molar-refractivity contribution is 9.10. The summed E-state index contributed by atoms with van der Waals surface area (Å²) in [5.41, 5.74) is 2.36. The van der Waals surface area contributed by atoms with Crippen molar-refractivity contribution >= 4 is 31.8 Å². The van der Waals surface area contributed by atoms with Gasteiger partial charge in [0.15, 0.2) is 5.82 Å². The molecule has 1 aromatic rings. The van der Waals surface area contributed by atoms with Crippen LogP contribution in [-0.2, 0) is 10.0 Å². The number of hydrogen-bond acceptors (Lipinski definition) is 5. The molecule has 3 N–H and O–H groups in total. The Kier molecular flexibility index (Phi) is 4.68. The van der Waals surface area contributed by atoms with Crippen LogP contribution in [0.3, 0.4) is 0 Å². The van der Waals surface area contributed by atoms with Gasteiger partial charge in [-0.1, -0.05) is 6.92 Å². The van der Waals surface area contributed by atoms with Crippen LogP contribution in [0.15, 0.2) is 21.6 Å². The first-order valence-corrected chi connectivity index (χ1v) is 8.73. The van der Waals surface area contributed by atoms with Crippen LogP contribution in [0, 0.1) is 5.92 Å². The van der Waals surface area contributed by atoms with Crippen molar-refractivity contribution in [1.82, 2.24) is 9.29 Å². The van der Waals surface area contributed by atoms with E-state index in [1.807, 2.05) is 6.92 Å². The molecule has 112 valence electrons. The molecule has 1 fully saturated rings. The number of nitrogens with two attached hydrogens (primary N) is 1. The summed E-state index contributed by atoms with van der Waals surface area (Å²) in [6, 6.07) is 1.52. The molecule has 1 aliphatic rings. The summed E-state index contributed by atoms with van der Waals surface area (Å²) < 4.78 is 27.8. The van der Waals surface area contributed by atoms with Crippen molar-refractivity contribution in [3.8, 4) is 0 Å². The quantitative estimate of drug-likeness (QED) is 0.633. The number of halogens is 1. The van der Waals surface area contributed by atoms with Crippen molar-refractivity contribution < 1.29 is 8.42 Å². The Morgan fingerprint density at radius 3 is 2.80 bits per heavy atom. The summed E-state index contributed by atoms with van der Waals surface area (Å²) >= 11 is 3.25. The maximum Gasteiger partial charge on any atom is 0.247 e. The van der Waals surface area contributed by atoms with Crippen LogP contribution in [0.4, 0.5) is 5.82 Å². The second-order valence-electron chi connectivity index (χ2n) is 5.25. The molecule has 0 amide bonds. The number of pyridine rings is 1. The molecular weight excluding hydrogens is 344 g/mol. The number of nitrogens with one attached hydrogen (secondary N) is 1. The van der Waals surface area contributed by atoms with Crippen LogP contribution >= 0.6 is 15.9 Å². The highest BCUT2D eigenvalue weighted by Crippen LogP contribution is 2.31. The summed E-state index contributed by atoms with van der Waals surface area (Å²) in [4.78, 5) is 4.12. The Hall–Kier alpha value is -0.700. The Morgan fingerprint density at radius 2 is 2.15 bits per heavy atom. The maximum absolute atomic E-state index is 12.8. The highest BCUT2D eigenvalue weighted by atomic mass is 79.9. The molecule has 0 saturated carbocycles. The second kappa shape index (κ2) is 5.97. The average molecular weight is 363 g/mol. The van der Waals surface area contributed by atoms with Crippen molar-refractivity contribution in [2.75, 3.05) is 12.0 Å². The first-order chi connectivity index (χ1) is 9.36. The van der Waals surface area contributed by atoms with Crippen molar-refractivity contribution in [1.29, 1.82) is 0 Å². The lowest BCUT2D eigenvalue weighted by Crippen LogP contribution is -2.45. The van der Waals surface area contributed by atoms with E-state index < -0.39 is 10.0 Å². The highest BCUT2D eigenvalue weighted by Gasteiger charge is 2.35. The van der Waals surface area contributed by atoms with Crippen LogP contribution in [0.2, 0.25) is 0 Å². The molecular formula is C12H19BrN4O2S. The van der Waals surface area contributed by atoms with Crippen LogP contribution in [0.1, 0.15) is 26.7 Å². The van der Waals surface area contributed by atoms with Gasteiger partial charge >= 0.3 is 0 Å². The number of sulfonamides is 1. The summed E-state index contributed by atoms with van der Waals surface area (Å²) in [6.45, 7) is 4.53. The zero-order chi connectivity index (χ0) is 14.9. The first kappa shape index (κ1) is 15.7. The molecule has 6 nitrogen and oxygen atoms in total. The summed E-state index contributed by atoms with van der Waals surface area (Å²) in [5.74, 6) is 5.90. The maximum atomic E-state index is 12.8. The van der Waals surface area contributed by atoms with E-state index in [0.29, 0.717) is 16.9 Å². The second-order valence-corrected chi connectivity index (χ2v) is 8.03. The third-order valence-corrected chi connectivity index (χ3v) is 6.03.